The molecule has 21 heavy (non-hydrogen) atoms. The molecule has 108 valence electrons. The van der Waals surface area contributed by atoms with E-state index in [1.807, 2.05) is 16.8 Å². The highest BCUT2D eigenvalue weighted by Gasteiger charge is 2.07. The van der Waals surface area contributed by atoms with Gasteiger partial charge in [-0.1, -0.05) is 6.07 Å². The normalized spacial score (nSPS) is 11.2. The van der Waals surface area contributed by atoms with Crippen molar-refractivity contribution in [2.75, 3.05) is 13.7 Å². The summed E-state index contributed by atoms with van der Waals surface area (Å²) in [7, 11) is 1.66. The first-order valence-corrected chi connectivity index (χ1v) is 6.76. The van der Waals surface area contributed by atoms with E-state index in [4.69, 9.17) is 4.74 Å². The van der Waals surface area contributed by atoms with E-state index >= 15 is 0 Å². The zero-order valence-corrected chi connectivity index (χ0v) is 12.0. The van der Waals surface area contributed by atoms with Gasteiger partial charge in [0.15, 0.2) is 0 Å². The van der Waals surface area contributed by atoms with Gasteiger partial charge in [0.1, 0.15) is 11.3 Å². The van der Waals surface area contributed by atoms with Crippen LogP contribution in [0.15, 0.2) is 36.7 Å². The summed E-state index contributed by atoms with van der Waals surface area (Å²) in [4.78, 5) is 4.42. The number of benzene rings is 1. The Labute approximate surface area is 122 Å². The fraction of sp³-hybridized carbons (Fsp3) is 0.250. The van der Waals surface area contributed by atoms with Crippen molar-refractivity contribution in [1.82, 2.24) is 14.8 Å². The van der Waals surface area contributed by atoms with E-state index in [-0.39, 0.29) is 5.82 Å². The summed E-state index contributed by atoms with van der Waals surface area (Å²) < 4.78 is 20.3. The van der Waals surface area contributed by atoms with Crippen molar-refractivity contribution in [2.45, 2.75) is 13.5 Å². The lowest BCUT2D eigenvalue weighted by Crippen LogP contribution is -2.05. The van der Waals surface area contributed by atoms with Crippen LogP contribution in [0.25, 0.3) is 22.2 Å². The number of hydrogen-bond donors (Lipinski definition) is 0. The number of methoxy groups -OCH3 is 1. The minimum Gasteiger partial charge on any atom is -0.383 e. The molecule has 0 saturated heterocycles. The molecule has 0 amide bonds. The van der Waals surface area contributed by atoms with Crippen molar-refractivity contribution in [3.8, 4) is 11.1 Å². The number of nitrogens with zero attached hydrogens (tertiary/aromatic N) is 3. The maximum atomic E-state index is 13.4. The van der Waals surface area contributed by atoms with E-state index in [9.17, 15) is 4.39 Å². The van der Waals surface area contributed by atoms with Crippen molar-refractivity contribution in [2.24, 2.45) is 0 Å². The molecule has 1 aromatic carbocycles. The monoisotopic (exact) mass is 285 g/mol. The highest BCUT2D eigenvalue weighted by Crippen LogP contribution is 2.24. The lowest BCUT2D eigenvalue weighted by Gasteiger charge is -2.06. The summed E-state index contributed by atoms with van der Waals surface area (Å²) in [5.74, 6) is -0.196. The van der Waals surface area contributed by atoms with Crippen molar-refractivity contribution < 1.29 is 9.13 Å². The van der Waals surface area contributed by atoms with Crippen molar-refractivity contribution in [3.05, 3.63) is 48.0 Å². The average Bonchev–Trinajstić information content (AvgIpc) is 2.90. The van der Waals surface area contributed by atoms with Gasteiger partial charge in [-0.3, -0.25) is 9.67 Å². The number of aryl methyl sites for hydroxylation is 1. The summed E-state index contributed by atoms with van der Waals surface area (Å²) in [6, 6.07) is 7.10. The highest BCUT2D eigenvalue weighted by molar-refractivity contribution is 5.80. The van der Waals surface area contributed by atoms with Gasteiger partial charge in [0.25, 0.3) is 0 Å². The standard InChI is InChI=1S/C16H16FN3O/c1-11-7-12(3-4-14(11)17)13-8-16-15(18-9-13)10-19-20(16)5-6-21-2/h3-4,7-10H,5-6H2,1-2H3. The molecule has 0 fully saturated rings. The predicted octanol–water partition coefficient (Wildman–Crippen LogP) is 3.19. The molecule has 2 aromatic heterocycles. The van der Waals surface area contributed by atoms with E-state index in [2.05, 4.69) is 10.1 Å². The zero-order chi connectivity index (χ0) is 14.8. The van der Waals surface area contributed by atoms with Crippen LogP contribution < -0.4 is 0 Å². The maximum Gasteiger partial charge on any atom is 0.126 e. The van der Waals surface area contributed by atoms with Crippen LogP contribution in [0.5, 0.6) is 0 Å². The summed E-state index contributed by atoms with van der Waals surface area (Å²) in [5, 5.41) is 4.31. The van der Waals surface area contributed by atoms with Crippen molar-refractivity contribution in [3.63, 3.8) is 0 Å². The molecular weight excluding hydrogens is 269 g/mol. The second kappa shape index (κ2) is 5.61. The fourth-order valence-corrected chi connectivity index (χ4v) is 2.29. The molecule has 0 unspecified atom stereocenters. The number of aromatic nitrogens is 3. The van der Waals surface area contributed by atoms with E-state index in [1.165, 1.54) is 6.07 Å². The third-order valence-corrected chi connectivity index (χ3v) is 3.49. The van der Waals surface area contributed by atoms with Gasteiger partial charge >= 0.3 is 0 Å². The molecule has 5 heteroatoms. The van der Waals surface area contributed by atoms with Gasteiger partial charge in [-0.05, 0) is 36.2 Å². The first-order valence-electron chi connectivity index (χ1n) is 6.76. The second-order valence-corrected chi connectivity index (χ2v) is 4.95. The summed E-state index contributed by atoms with van der Waals surface area (Å²) in [6.45, 7) is 3.03. The number of ether oxygens (including phenoxy) is 1. The first-order chi connectivity index (χ1) is 10.2. The number of rotatable bonds is 4. The highest BCUT2D eigenvalue weighted by atomic mass is 19.1. The molecule has 4 nitrogen and oxygen atoms in total. The molecule has 2 heterocycles. The molecule has 0 spiro atoms. The van der Waals surface area contributed by atoms with Gasteiger partial charge in [-0.2, -0.15) is 5.10 Å². The molecule has 0 radical (unpaired) electrons. The van der Waals surface area contributed by atoms with Gasteiger partial charge in [0, 0.05) is 18.9 Å². The molecule has 0 saturated carbocycles. The van der Waals surface area contributed by atoms with Gasteiger partial charge in [0.2, 0.25) is 0 Å². The quantitative estimate of drug-likeness (QED) is 0.739. The lowest BCUT2D eigenvalue weighted by molar-refractivity contribution is 0.185. The van der Waals surface area contributed by atoms with Crippen molar-refractivity contribution >= 4 is 11.0 Å². The fourth-order valence-electron chi connectivity index (χ4n) is 2.29. The Morgan fingerprint density at radius 2 is 2.05 bits per heavy atom. The van der Waals surface area contributed by atoms with E-state index in [0.29, 0.717) is 18.7 Å². The number of pyridine rings is 1. The lowest BCUT2D eigenvalue weighted by atomic mass is 10.0. The molecule has 0 bridgehead atoms. The zero-order valence-electron chi connectivity index (χ0n) is 12.0. The number of hydrogen-bond acceptors (Lipinski definition) is 3. The van der Waals surface area contributed by atoms with E-state index < -0.39 is 0 Å². The Hall–Kier alpha value is -2.27. The molecule has 0 atom stereocenters. The predicted molar refractivity (Wildman–Crippen MR) is 79.5 cm³/mol. The third kappa shape index (κ3) is 2.64. The molecule has 0 aliphatic rings. The Balaban J connectivity index is 2.04. The van der Waals surface area contributed by atoms with Crippen LogP contribution in [0.3, 0.4) is 0 Å². The molecule has 3 aromatic rings. The van der Waals surface area contributed by atoms with Crippen LogP contribution in [0.1, 0.15) is 5.56 Å². The smallest absolute Gasteiger partial charge is 0.126 e. The number of fused-ring (bicyclic) bond motifs is 1. The van der Waals surface area contributed by atoms with E-state index in [1.54, 1.807) is 32.5 Å². The Kier molecular flexibility index (Phi) is 3.66. The van der Waals surface area contributed by atoms with Crippen molar-refractivity contribution in [1.29, 1.82) is 0 Å². The minimum absolute atomic E-state index is 0.196. The largest absolute Gasteiger partial charge is 0.383 e. The van der Waals surface area contributed by atoms with Crippen LogP contribution in [0.4, 0.5) is 4.39 Å². The minimum atomic E-state index is -0.196. The Morgan fingerprint density at radius 3 is 2.81 bits per heavy atom. The molecule has 0 aliphatic carbocycles. The first kappa shape index (κ1) is 13.7. The topological polar surface area (TPSA) is 39.9 Å². The Morgan fingerprint density at radius 1 is 1.19 bits per heavy atom. The van der Waals surface area contributed by atoms with Gasteiger partial charge < -0.3 is 4.74 Å². The molecular formula is C16H16FN3O. The summed E-state index contributed by atoms with van der Waals surface area (Å²) in [6.07, 6.45) is 3.53. The van der Waals surface area contributed by atoms with Crippen LogP contribution >= 0.6 is 0 Å². The van der Waals surface area contributed by atoms with Crippen LogP contribution in [0.2, 0.25) is 0 Å². The summed E-state index contributed by atoms with van der Waals surface area (Å²) in [5.41, 5.74) is 4.31. The maximum absolute atomic E-state index is 13.4. The molecule has 0 aliphatic heterocycles. The average molecular weight is 285 g/mol. The van der Waals surface area contributed by atoms with E-state index in [0.717, 1.165) is 22.2 Å². The summed E-state index contributed by atoms with van der Waals surface area (Å²) >= 11 is 0. The Bertz CT molecular complexity index is 782. The van der Waals surface area contributed by atoms with Gasteiger partial charge in [0.05, 0.1) is 24.9 Å². The second-order valence-electron chi connectivity index (χ2n) is 4.95. The molecule has 0 N–H and O–H groups in total. The van der Waals surface area contributed by atoms with Crippen LogP contribution in [0, 0.1) is 12.7 Å². The van der Waals surface area contributed by atoms with Gasteiger partial charge in [-0.15, -0.1) is 0 Å². The van der Waals surface area contributed by atoms with Crippen LogP contribution in [-0.4, -0.2) is 28.5 Å². The van der Waals surface area contributed by atoms with Gasteiger partial charge in [-0.25, -0.2) is 4.39 Å². The third-order valence-electron chi connectivity index (χ3n) is 3.49. The molecule has 3 rings (SSSR count). The van der Waals surface area contributed by atoms with Crippen LogP contribution in [-0.2, 0) is 11.3 Å². The number of halogens is 1. The SMILES string of the molecule is COCCn1ncc2ncc(-c3ccc(F)c(C)c3)cc21.